The Morgan fingerprint density at radius 3 is 2.48 bits per heavy atom. The molecule has 0 saturated heterocycles. The lowest BCUT2D eigenvalue weighted by Crippen LogP contribution is -2.15. The summed E-state index contributed by atoms with van der Waals surface area (Å²) in [6, 6.07) is 14.4. The first-order chi connectivity index (χ1) is 15.0. The van der Waals surface area contributed by atoms with E-state index in [9.17, 15) is 4.79 Å². The molecule has 0 saturated carbocycles. The first kappa shape index (κ1) is 21.2. The number of nitrogens with zero attached hydrogens (tertiary/aromatic N) is 4. The van der Waals surface area contributed by atoms with E-state index in [1.54, 1.807) is 0 Å². The maximum Gasteiger partial charge on any atom is 0.234 e. The number of carbonyl (C=O) groups is 1. The highest BCUT2D eigenvalue weighted by atomic mass is 32.2. The van der Waals surface area contributed by atoms with Crippen LogP contribution in [0.4, 0.5) is 5.69 Å². The van der Waals surface area contributed by atoms with E-state index in [0.29, 0.717) is 0 Å². The minimum absolute atomic E-state index is 0.0511. The summed E-state index contributed by atoms with van der Waals surface area (Å²) < 4.78 is 4.31. The monoisotopic (exact) mass is 433 g/mol. The Morgan fingerprint density at radius 1 is 1.03 bits per heavy atom. The maximum absolute atomic E-state index is 12.5. The van der Waals surface area contributed by atoms with E-state index in [1.807, 2.05) is 32.0 Å². The molecule has 1 amide bonds. The van der Waals surface area contributed by atoms with Gasteiger partial charge < -0.3 is 14.5 Å². The van der Waals surface area contributed by atoms with Crippen LogP contribution in [-0.2, 0) is 17.9 Å². The number of aryl methyl sites for hydroxylation is 3. The first-order valence-corrected chi connectivity index (χ1v) is 11.5. The van der Waals surface area contributed by atoms with Gasteiger partial charge in [0.1, 0.15) is 0 Å². The average Bonchev–Trinajstić information content (AvgIpc) is 3.32. The number of rotatable bonds is 7. The van der Waals surface area contributed by atoms with Gasteiger partial charge >= 0.3 is 0 Å². The normalized spacial score (nSPS) is 11.2. The number of aromatic nitrogens is 4. The van der Waals surface area contributed by atoms with Gasteiger partial charge in [0.25, 0.3) is 0 Å². The predicted molar refractivity (Wildman–Crippen MR) is 128 cm³/mol. The third kappa shape index (κ3) is 4.37. The second-order valence-corrected chi connectivity index (χ2v) is 8.55. The second-order valence-electron chi connectivity index (χ2n) is 7.61. The molecule has 0 fully saturated rings. The molecule has 160 valence electrons. The zero-order valence-electron chi connectivity index (χ0n) is 18.3. The summed E-state index contributed by atoms with van der Waals surface area (Å²) in [5.41, 5.74) is 5.34. The molecule has 2 aromatic carbocycles. The number of carbonyl (C=O) groups excluding carboxylic acids is 1. The zero-order valence-corrected chi connectivity index (χ0v) is 19.2. The van der Waals surface area contributed by atoms with Crippen molar-refractivity contribution in [1.82, 2.24) is 19.3 Å². The number of hydrogen-bond donors (Lipinski definition) is 1. The van der Waals surface area contributed by atoms with Crippen LogP contribution >= 0.6 is 11.8 Å². The first-order valence-electron chi connectivity index (χ1n) is 10.5. The molecular weight excluding hydrogens is 406 g/mol. The minimum atomic E-state index is -0.0511. The fourth-order valence-electron chi connectivity index (χ4n) is 3.94. The quantitative estimate of drug-likeness (QED) is 0.402. The molecule has 0 aliphatic heterocycles. The Labute approximate surface area is 186 Å². The Morgan fingerprint density at radius 2 is 1.77 bits per heavy atom. The number of benzene rings is 2. The van der Waals surface area contributed by atoms with Crippen molar-refractivity contribution in [2.45, 2.75) is 45.9 Å². The number of hydrogen-bond acceptors (Lipinski definition) is 4. The van der Waals surface area contributed by atoms with Crippen molar-refractivity contribution in [1.29, 1.82) is 0 Å². The summed E-state index contributed by atoms with van der Waals surface area (Å²) in [6.07, 6.45) is 2.14. The van der Waals surface area contributed by atoms with Crippen LogP contribution in [0.25, 0.3) is 22.3 Å². The zero-order chi connectivity index (χ0) is 22.0. The summed E-state index contributed by atoms with van der Waals surface area (Å²) >= 11 is 1.41. The summed E-state index contributed by atoms with van der Waals surface area (Å²) in [5.74, 6) is 1.06. The van der Waals surface area contributed by atoms with Crippen molar-refractivity contribution in [2.24, 2.45) is 0 Å². The predicted octanol–water partition coefficient (Wildman–Crippen LogP) is 5.29. The van der Waals surface area contributed by atoms with Crippen molar-refractivity contribution >= 4 is 34.3 Å². The van der Waals surface area contributed by atoms with Crippen LogP contribution in [0.3, 0.4) is 0 Å². The van der Waals surface area contributed by atoms with Gasteiger partial charge in [-0.3, -0.25) is 4.79 Å². The summed E-state index contributed by atoms with van der Waals surface area (Å²) in [4.78, 5) is 12.5. The molecule has 0 aliphatic rings. The second kappa shape index (κ2) is 8.98. The van der Waals surface area contributed by atoms with Gasteiger partial charge in [-0.15, -0.1) is 10.2 Å². The number of anilines is 1. The van der Waals surface area contributed by atoms with Gasteiger partial charge in [0.15, 0.2) is 11.0 Å². The van der Waals surface area contributed by atoms with Crippen LogP contribution in [0.15, 0.2) is 53.8 Å². The van der Waals surface area contributed by atoms with Crippen LogP contribution in [-0.4, -0.2) is 31.0 Å². The van der Waals surface area contributed by atoms with Crippen LogP contribution in [0.2, 0.25) is 0 Å². The Balaban J connectivity index is 1.55. The van der Waals surface area contributed by atoms with E-state index in [-0.39, 0.29) is 11.7 Å². The van der Waals surface area contributed by atoms with Crippen molar-refractivity contribution < 1.29 is 4.79 Å². The average molecular weight is 434 g/mol. The van der Waals surface area contributed by atoms with Crippen molar-refractivity contribution in [2.75, 3.05) is 11.1 Å². The largest absolute Gasteiger partial charge is 0.347 e. The van der Waals surface area contributed by atoms with Crippen molar-refractivity contribution in [3.8, 4) is 11.4 Å². The summed E-state index contributed by atoms with van der Waals surface area (Å²) in [6.45, 7) is 9.88. The van der Waals surface area contributed by atoms with Crippen molar-refractivity contribution in [3.05, 3.63) is 59.8 Å². The van der Waals surface area contributed by atoms with Crippen LogP contribution in [0, 0.1) is 13.8 Å². The number of amides is 1. The minimum Gasteiger partial charge on any atom is -0.347 e. The van der Waals surface area contributed by atoms with Gasteiger partial charge in [0, 0.05) is 41.4 Å². The Bertz CT molecular complexity index is 1220. The fraction of sp³-hybridized carbons (Fsp3) is 0.292. The topological polar surface area (TPSA) is 64.7 Å². The molecule has 1 N–H and O–H groups in total. The molecule has 0 spiro atoms. The molecule has 31 heavy (non-hydrogen) atoms. The van der Waals surface area contributed by atoms with E-state index in [0.717, 1.165) is 51.8 Å². The molecule has 2 heterocycles. The number of nitrogens with one attached hydrogen (secondary N) is 1. The van der Waals surface area contributed by atoms with Crippen LogP contribution in [0.1, 0.15) is 25.0 Å². The van der Waals surface area contributed by atoms with Gasteiger partial charge in [-0.2, -0.15) is 0 Å². The molecule has 7 heteroatoms. The van der Waals surface area contributed by atoms with E-state index >= 15 is 0 Å². The standard InChI is InChI=1S/C24H27N5OS/c1-5-28-14-20(19-9-7-8-10-21(19)28)23-26-27-24(29(23)6-2)31-15-22(30)25-18-12-16(3)11-17(4)13-18/h7-14H,5-6,15H2,1-4H3,(H,25,30). The van der Waals surface area contributed by atoms with Gasteiger partial charge in [-0.25, -0.2) is 0 Å². The summed E-state index contributed by atoms with van der Waals surface area (Å²) in [5, 5.41) is 13.8. The molecule has 4 rings (SSSR count). The molecule has 0 unspecified atom stereocenters. The molecule has 4 aromatic rings. The van der Waals surface area contributed by atoms with E-state index in [4.69, 9.17) is 0 Å². The highest BCUT2D eigenvalue weighted by molar-refractivity contribution is 7.99. The highest BCUT2D eigenvalue weighted by Crippen LogP contribution is 2.31. The molecule has 0 bridgehead atoms. The molecule has 0 radical (unpaired) electrons. The molecule has 6 nitrogen and oxygen atoms in total. The van der Waals surface area contributed by atoms with E-state index < -0.39 is 0 Å². The number of para-hydroxylation sites is 1. The van der Waals surface area contributed by atoms with Gasteiger partial charge in [-0.05, 0) is 57.0 Å². The Kier molecular flexibility index (Phi) is 6.13. The lowest BCUT2D eigenvalue weighted by molar-refractivity contribution is -0.113. The van der Waals surface area contributed by atoms with Crippen LogP contribution < -0.4 is 5.32 Å². The van der Waals surface area contributed by atoms with Crippen LogP contribution in [0.5, 0.6) is 0 Å². The van der Waals surface area contributed by atoms with Gasteiger partial charge in [-0.1, -0.05) is 36.0 Å². The van der Waals surface area contributed by atoms with E-state index in [2.05, 4.69) is 69.0 Å². The lowest BCUT2D eigenvalue weighted by Gasteiger charge is -2.09. The third-order valence-corrected chi connectivity index (χ3v) is 6.21. The SMILES string of the molecule is CCn1c(SCC(=O)Nc2cc(C)cc(C)c2)nnc1-c1cn(CC)c2ccccc12. The highest BCUT2D eigenvalue weighted by Gasteiger charge is 2.18. The number of fused-ring (bicyclic) bond motifs is 1. The molecule has 0 atom stereocenters. The molecule has 0 aliphatic carbocycles. The number of thioether (sulfide) groups is 1. The maximum atomic E-state index is 12.5. The molecular formula is C24H27N5OS. The van der Waals surface area contributed by atoms with Gasteiger partial charge in [0.05, 0.1) is 5.75 Å². The fourth-order valence-corrected chi connectivity index (χ4v) is 4.74. The smallest absolute Gasteiger partial charge is 0.234 e. The third-order valence-electron chi connectivity index (χ3n) is 5.24. The lowest BCUT2D eigenvalue weighted by atomic mass is 10.1. The summed E-state index contributed by atoms with van der Waals surface area (Å²) in [7, 11) is 0. The van der Waals surface area contributed by atoms with E-state index in [1.165, 1.54) is 17.3 Å². The Hall–Kier alpha value is -3.06. The van der Waals surface area contributed by atoms with Gasteiger partial charge in [0.2, 0.25) is 5.91 Å². The molecule has 2 aromatic heterocycles. The van der Waals surface area contributed by atoms with Crippen molar-refractivity contribution in [3.63, 3.8) is 0 Å².